The normalized spacial score (nSPS) is 11.9. The molecule has 0 spiro atoms. The lowest BCUT2D eigenvalue weighted by Gasteiger charge is -2.02. The topological polar surface area (TPSA) is 88.8 Å². The zero-order valence-corrected chi connectivity index (χ0v) is 13.5. The molecule has 0 fully saturated rings. The predicted octanol–water partition coefficient (Wildman–Crippen LogP) is 2.98. The minimum Gasteiger partial charge on any atom is -0.399 e. The molecule has 1 aromatic heterocycles. The molecular weight excluding hydrogens is 354 g/mol. The fraction of sp³-hybridized carbons (Fsp3) is 0.0714. The second-order valence-corrected chi connectivity index (χ2v) is 7.59. The van der Waals surface area contributed by atoms with E-state index < -0.39 is 9.84 Å². The van der Waals surface area contributed by atoms with E-state index in [1.165, 1.54) is 6.26 Å². The van der Waals surface area contributed by atoms with Crippen molar-refractivity contribution in [2.45, 2.75) is 4.90 Å². The lowest BCUT2D eigenvalue weighted by Crippen LogP contribution is -1.97. The van der Waals surface area contributed by atoms with Gasteiger partial charge in [-0.15, -0.1) is 0 Å². The van der Waals surface area contributed by atoms with Gasteiger partial charge >= 0.3 is 0 Å². The first-order chi connectivity index (χ1) is 9.86. The second kappa shape index (κ2) is 4.85. The molecule has 0 atom stereocenters. The minimum atomic E-state index is -3.34. The summed E-state index contributed by atoms with van der Waals surface area (Å²) in [5.41, 5.74) is 8.29. The van der Waals surface area contributed by atoms with Crippen LogP contribution in [0.2, 0.25) is 0 Å². The molecule has 1 heterocycles. The molecule has 7 heteroatoms. The Labute approximate surface area is 130 Å². The highest BCUT2D eigenvalue weighted by molar-refractivity contribution is 9.10. The SMILES string of the molecule is CS(=O)(=O)c1cccc2[nH]c(-c3cc(N)ccc3Br)nc12. The van der Waals surface area contributed by atoms with Crippen molar-refractivity contribution in [1.82, 2.24) is 9.97 Å². The first-order valence-electron chi connectivity index (χ1n) is 6.10. The van der Waals surface area contributed by atoms with Crippen molar-refractivity contribution < 1.29 is 8.42 Å². The first kappa shape index (κ1) is 14.1. The van der Waals surface area contributed by atoms with Crippen LogP contribution in [-0.2, 0) is 9.84 Å². The van der Waals surface area contributed by atoms with Crippen LogP contribution in [-0.4, -0.2) is 24.6 Å². The van der Waals surface area contributed by atoms with Gasteiger partial charge in [-0.25, -0.2) is 13.4 Å². The number of nitrogens with two attached hydrogens (primary N) is 1. The lowest BCUT2D eigenvalue weighted by atomic mass is 10.2. The summed E-state index contributed by atoms with van der Waals surface area (Å²) in [6.07, 6.45) is 1.17. The van der Waals surface area contributed by atoms with Gasteiger partial charge in [-0.1, -0.05) is 22.0 Å². The van der Waals surface area contributed by atoms with Gasteiger partial charge in [0.1, 0.15) is 11.3 Å². The van der Waals surface area contributed by atoms with Gasteiger partial charge in [-0.2, -0.15) is 0 Å². The van der Waals surface area contributed by atoms with E-state index in [4.69, 9.17) is 5.73 Å². The predicted molar refractivity (Wildman–Crippen MR) is 86.8 cm³/mol. The summed E-state index contributed by atoms with van der Waals surface area (Å²) in [5, 5.41) is 0. The average molecular weight is 366 g/mol. The van der Waals surface area contributed by atoms with Crippen molar-refractivity contribution >= 4 is 42.5 Å². The molecule has 5 nitrogen and oxygen atoms in total. The number of nitrogen functional groups attached to an aromatic ring is 1. The van der Waals surface area contributed by atoms with Crippen LogP contribution in [0.15, 0.2) is 45.8 Å². The molecule has 0 bridgehead atoms. The van der Waals surface area contributed by atoms with E-state index in [1.807, 2.05) is 6.07 Å². The van der Waals surface area contributed by atoms with E-state index in [1.54, 1.807) is 30.3 Å². The van der Waals surface area contributed by atoms with Gasteiger partial charge in [0.25, 0.3) is 0 Å². The molecule has 0 saturated heterocycles. The van der Waals surface area contributed by atoms with E-state index >= 15 is 0 Å². The standard InChI is InChI=1S/C14H12BrN3O2S/c1-21(19,20)12-4-2-3-11-13(12)18-14(17-11)9-7-8(16)5-6-10(9)15/h2-7H,16H2,1H3,(H,17,18). The van der Waals surface area contributed by atoms with Gasteiger partial charge in [0.05, 0.1) is 10.4 Å². The molecule has 0 amide bonds. The molecule has 3 N–H and O–H groups in total. The highest BCUT2D eigenvalue weighted by atomic mass is 79.9. The van der Waals surface area contributed by atoms with Crippen LogP contribution in [0.1, 0.15) is 0 Å². The maximum atomic E-state index is 11.8. The van der Waals surface area contributed by atoms with Crippen molar-refractivity contribution in [1.29, 1.82) is 0 Å². The summed E-state index contributed by atoms with van der Waals surface area (Å²) >= 11 is 3.45. The molecule has 21 heavy (non-hydrogen) atoms. The number of rotatable bonds is 2. The number of imidazole rings is 1. The fourth-order valence-electron chi connectivity index (χ4n) is 2.16. The third-order valence-electron chi connectivity index (χ3n) is 3.12. The summed E-state index contributed by atoms with van der Waals surface area (Å²) in [7, 11) is -3.34. The van der Waals surface area contributed by atoms with Crippen molar-refractivity contribution in [3.63, 3.8) is 0 Å². The number of aromatic amines is 1. The number of benzene rings is 2. The van der Waals surface area contributed by atoms with Gasteiger partial charge in [0.15, 0.2) is 9.84 Å². The van der Waals surface area contributed by atoms with Gasteiger partial charge in [-0.05, 0) is 30.3 Å². The Balaban J connectivity index is 2.30. The number of halogens is 1. The Bertz CT molecular complexity index is 948. The third-order valence-corrected chi connectivity index (χ3v) is 4.94. The van der Waals surface area contributed by atoms with Gasteiger partial charge in [0.2, 0.25) is 0 Å². The van der Waals surface area contributed by atoms with Crippen LogP contribution in [0.4, 0.5) is 5.69 Å². The summed E-state index contributed by atoms with van der Waals surface area (Å²) in [6.45, 7) is 0. The summed E-state index contributed by atoms with van der Waals surface area (Å²) in [4.78, 5) is 7.77. The molecule has 3 rings (SSSR count). The highest BCUT2D eigenvalue weighted by Gasteiger charge is 2.16. The van der Waals surface area contributed by atoms with Crippen molar-refractivity contribution in [2.75, 3.05) is 12.0 Å². The van der Waals surface area contributed by atoms with E-state index in [0.717, 1.165) is 10.0 Å². The average Bonchev–Trinajstić information content (AvgIpc) is 2.83. The molecule has 3 aromatic rings. The number of aromatic nitrogens is 2. The Hall–Kier alpha value is -1.86. The smallest absolute Gasteiger partial charge is 0.177 e. The van der Waals surface area contributed by atoms with E-state index in [2.05, 4.69) is 25.9 Å². The molecule has 0 aliphatic carbocycles. The zero-order chi connectivity index (χ0) is 15.2. The van der Waals surface area contributed by atoms with Crippen molar-refractivity contribution in [3.8, 4) is 11.4 Å². The maximum Gasteiger partial charge on any atom is 0.177 e. The summed E-state index contributed by atoms with van der Waals surface area (Å²) < 4.78 is 24.5. The monoisotopic (exact) mass is 365 g/mol. The van der Waals surface area contributed by atoms with Crippen LogP contribution in [0.3, 0.4) is 0 Å². The minimum absolute atomic E-state index is 0.211. The van der Waals surface area contributed by atoms with Gasteiger partial charge in [-0.3, -0.25) is 0 Å². The number of hydrogen-bond acceptors (Lipinski definition) is 4. The number of para-hydroxylation sites is 1. The number of fused-ring (bicyclic) bond motifs is 1. The first-order valence-corrected chi connectivity index (χ1v) is 8.79. The quantitative estimate of drug-likeness (QED) is 0.683. The number of anilines is 1. The van der Waals surface area contributed by atoms with E-state index in [9.17, 15) is 8.42 Å². The number of hydrogen-bond donors (Lipinski definition) is 2. The Kier molecular flexibility index (Phi) is 3.26. The van der Waals surface area contributed by atoms with E-state index in [-0.39, 0.29) is 4.90 Å². The fourth-order valence-corrected chi connectivity index (χ4v) is 3.42. The van der Waals surface area contributed by atoms with Crippen molar-refractivity contribution in [3.05, 3.63) is 40.9 Å². The lowest BCUT2D eigenvalue weighted by molar-refractivity contribution is 0.602. The number of nitrogens with one attached hydrogen (secondary N) is 1. The number of H-pyrrole nitrogens is 1. The largest absolute Gasteiger partial charge is 0.399 e. The van der Waals surface area contributed by atoms with Crippen LogP contribution in [0.25, 0.3) is 22.4 Å². The summed E-state index contributed by atoms with van der Waals surface area (Å²) in [6, 6.07) is 10.4. The molecule has 2 aromatic carbocycles. The van der Waals surface area contributed by atoms with Crippen LogP contribution in [0, 0.1) is 0 Å². The molecule has 108 valence electrons. The molecule has 0 aliphatic rings. The Morgan fingerprint density at radius 1 is 1.24 bits per heavy atom. The Morgan fingerprint density at radius 3 is 2.71 bits per heavy atom. The second-order valence-electron chi connectivity index (χ2n) is 4.75. The molecular formula is C14H12BrN3O2S. The molecule has 0 unspecified atom stereocenters. The highest BCUT2D eigenvalue weighted by Crippen LogP contribution is 2.31. The van der Waals surface area contributed by atoms with Crippen LogP contribution >= 0.6 is 15.9 Å². The number of nitrogens with zero attached hydrogens (tertiary/aromatic N) is 1. The van der Waals surface area contributed by atoms with Gasteiger partial charge in [0, 0.05) is 22.0 Å². The number of sulfone groups is 1. The van der Waals surface area contributed by atoms with Crippen molar-refractivity contribution in [2.24, 2.45) is 0 Å². The van der Waals surface area contributed by atoms with Crippen LogP contribution < -0.4 is 5.73 Å². The Morgan fingerprint density at radius 2 is 2.00 bits per heavy atom. The zero-order valence-electron chi connectivity index (χ0n) is 11.1. The molecule has 0 saturated carbocycles. The summed E-state index contributed by atoms with van der Waals surface area (Å²) in [5.74, 6) is 0.570. The van der Waals surface area contributed by atoms with E-state index in [0.29, 0.717) is 22.5 Å². The van der Waals surface area contributed by atoms with Gasteiger partial charge < -0.3 is 10.7 Å². The molecule has 0 aliphatic heterocycles. The maximum absolute atomic E-state index is 11.8. The molecule has 0 radical (unpaired) electrons. The van der Waals surface area contributed by atoms with Crippen LogP contribution in [0.5, 0.6) is 0 Å². The third kappa shape index (κ3) is 2.54.